The number of benzene rings is 1. The molecule has 0 radical (unpaired) electrons. The van der Waals surface area contributed by atoms with Crippen molar-refractivity contribution in [2.45, 2.75) is 20.8 Å². The summed E-state index contributed by atoms with van der Waals surface area (Å²) in [5.74, 6) is 0.667. The zero-order valence-corrected chi connectivity index (χ0v) is 12.1. The van der Waals surface area contributed by atoms with Gasteiger partial charge in [-0.15, -0.1) is 0 Å². The van der Waals surface area contributed by atoms with Crippen LogP contribution in [0.2, 0.25) is 0 Å². The van der Waals surface area contributed by atoms with Crippen LogP contribution in [-0.4, -0.2) is 19.7 Å². The molecule has 0 aromatic heterocycles. The maximum Gasteiger partial charge on any atom is 0.313 e. The highest BCUT2D eigenvalue weighted by atomic mass is 16.5. The Morgan fingerprint density at radius 1 is 1.26 bits per heavy atom. The summed E-state index contributed by atoms with van der Waals surface area (Å²) in [6, 6.07) is 7.71. The molecule has 0 N–H and O–H groups in total. The third-order valence-corrected chi connectivity index (χ3v) is 2.89. The molecule has 0 aliphatic rings. The van der Waals surface area contributed by atoms with Gasteiger partial charge in [0.2, 0.25) is 0 Å². The van der Waals surface area contributed by atoms with Gasteiger partial charge >= 0.3 is 5.97 Å². The Balaban J connectivity index is 2.77. The number of carbonyl (C=O) groups is 1. The zero-order chi connectivity index (χ0) is 14.3. The van der Waals surface area contributed by atoms with Gasteiger partial charge < -0.3 is 9.47 Å². The second kappa shape index (κ2) is 7.62. The summed E-state index contributed by atoms with van der Waals surface area (Å²) < 4.78 is 10.2. The molecule has 0 bridgehead atoms. The van der Waals surface area contributed by atoms with E-state index < -0.39 is 0 Å². The van der Waals surface area contributed by atoms with E-state index in [4.69, 9.17) is 9.47 Å². The van der Waals surface area contributed by atoms with E-state index in [1.165, 1.54) is 0 Å². The Hall–Kier alpha value is -1.77. The summed E-state index contributed by atoms with van der Waals surface area (Å²) in [7, 11) is 1.64. The molecule has 1 rings (SSSR count). The van der Waals surface area contributed by atoms with E-state index in [-0.39, 0.29) is 17.8 Å². The molecule has 0 aliphatic carbocycles. The van der Waals surface area contributed by atoms with Gasteiger partial charge in [0.05, 0.1) is 19.6 Å². The number of hydrogen-bond acceptors (Lipinski definition) is 3. The van der Waals surface area contributed by atoms with Gasteiger partial charge in [-0.2, -0.15) is 0 Å². The van der Waals surface area contributed by atoms with Crippen molar-refractivity contribution >= 4 is 12.0 Å². The fourth-order valence-corrected chi connectivity index (χ4v) is 1.74. The molecular formula is C16H22O3. The number of ether oxygens (including phenoxy) is 2. The van der Waals surface area contributed by atoms with Gasteiger partial charge in [-0.05, 0) is 30.5 Å². The lowest BCUT2D eigenvalue weighted by Gasteiger charge is -2.15. The van der Waals surface area contributed by atoms with Gasteiger partial charge in [0, 0.05) is 0 Å². The lowest BCUT2D eigenvalue weighted by atomic mass is 9.95. The first-order valence-corrected chi connectivity index (χ1v) is 6.57. The van der Waals surface area contributed by atoms with Crippen LogP contribution in [-0.2, 0) is 9.53 Å². The zero-order valence-electron chi connectivity index (χ0n) is 12.1. The molecular weight excluding hydrogens is 240 g/mol. The first-order chi connectivity index (χ1) is 9.08. The van der Waals surface area contributed by atoms with E-state index in [9.17, 15) is 4.79 Å². The first kappa shape index (κ1) is 15.3. The molecule has 0 fully saturated rings. The normalized spacial score (nSPS) is 12.7. The minimum Gasteiger partial charge on any atom is -0.497 e. The average Bonchev–Trinajstić information content (AvgIpc) is 2.39. The molecule has 1 unspecified atom stereocenters. The van der Waals surface area contributed by atoms with Crippen molar-refractivity contribution in [3.63, 3.8) is 0 Å². The lowest BCUT2D eigenvalue weighted by molar-refractivity contribution is -0.147. The molecule has 104 valence electrons. The van der Waals surface area contributed by atoms with Crippen LogP contribution in [0.25, 0.3) is 6.08 Å². The SMILES string of the molecule is CCOC(=O)C(C=Cc1ccc(OC)cc1)C(C)C. The summed E-state index contributed by atoms with van der Waals surface area (Å²) in [5, 5.41) is 0. The number of methoxy groups -OCH3 is 1. The third-order valence-electron chi connectivity index (χ3n) is 2.89. The van der Waals surface area contributed by atoms with Crippen molar-refractivity contribution in [3.05, 3.63) is 35.9 Å². The molecule has 0 spiro atoms. The Labute approximate surface area is 115 Å². The summed E-state index contributed by atoms with van der Waals surface area (Å²) in [6.45, 7) is 6.26. The Kier molecular flexibility index (Phi) is 6.13. The van der Waals surface area contributed by atoms with Crippen LogP contribution in [0.3, 0.4) is 0 Å². The van der Waals surface area contributed by atoms with Crippen LogP contribution >= 0.6 is 0 Å². The van der Waals surface area contributed by atoms with E-state index in [0.717, 1.165) is 11.3 Å². The van der Waals surface area contributed by atoms with Gasteiger partial charge in [0.15, 0.2) is 0 Å². The summed E-state index contributed by atoms with van der Waals surface area (Å²) >= 11 is 0. The highest BCUT2D eigenvalue weighted by Gasteiger charge is 2.20. The predicted octanol–water partition coefficient (Wildman–Crippen LogP) is 3.54. The Bertz CT molecular complexity index is 418. The average molecular weight is 262 g/mol. The molecule has 1 aromatic carbocycles. The standard InChI is InChI=1S/C16H22O3/c1-5-19-16(17)15(12(2)3)11-8-13-6-9-14(18-4)10-7-13/h6-12,15H,5H2,1-4H3. The van der Waals surface area contributed by atoms with Crippen molar-refractivity contribution in [1.29, 1.82) is 0 Å². The van der Waals surface area contributed by atoms with Crippen LogP contribution in [0.1, 0.15) is 26.3 Å². The molecule has 1 atom stereocenters. The number of rotatable bonds is 6. The van der Waals surface area contributed by atoms with Crippen LogP contribution in [0.15, 0.2) is 30.3 Å². The van der Waals surface area contributed by atoms with Gasteiger partial charge in [0.25, 0.3) is 0 Å². The number of carbonyl (C=O) groups excluding carboxylic acids is 1. The van der Waals surface area contributed by atoms with E-state index >= 15 is 0 Å². The van der Waals surface area contributed by atoms with Gasteiger partial charge in [-0.1, -0.05) is 38.1 Å². The minimum absolute atomic E-state index is 0.165. The second-order valence-electron chi connectivity index (χ2n) is 4.65. The van der Waals surface area contributed by atoms with Crippen molar-refractivity contribution in [1.82, 2.24) is 0 Å². The number of esters is 1. The molecule has 3 nitrogen and oxygen atoms in total. The smallest absolute Gasteiger partial charge is 0.313 e. The maximum absolute atomic E-state index is 11.8. The first-order valence-electron chi connectivity index (χ1n) is 6.57. The van der Waals surface area contributed by atoms with Gasteiger partial charge in [-0.3, -0.25) is 4.79 Å². The Morgan fingerprint density at radius 3 is 2.37 bits per heavy atom. The highest BCUT2D eigenvalue weighted by molar-refractivity contribution is 5.76. The van der Waals surface area contributed by atoms with E-state index in [1.54, 1.807) is 7.11 Å². The number of hydrogen-bond donors (Lipinski definition) is 0. The molecule has 3 heteroatoms. The van der Waals surface area contributed by atoms with E-state index in [0.29, 0.717) is 6.61 Å². The molecule has 0 saturated carbocycles. The van der Waals surface area contributed by atoms with E-state index in [2.05, 4.69) is 0 Å². The summed E-state index contributed by atoms with van der Waals surface area (Å²) in [6.07, 6.45) is 3.85. The Morgan fingerprint density at radius 2 is 1.89 bits per heavy atom. The second-order valence-corrected chi connectivity index (χ2v) is 4.65. The molecule has 0 aliphatic heterocycles. The lowest BCUT2D eigenvalue weighted by Crippen LogP contribution is -2.20. The topological polar surface area (TPSA) is 35.5 Å². The molecule has 0 amide bonds. The molecule has 1 aromatic rings. The van der Waals surface area contributed by atoms with E-state index in [1.807, 2.05) is 57.2 Å². The van der Waals surface area contributed by atoms with Crippen LogP contribution in [0, 0.1) is 11.8 Å². The van der Waals surface area contributed by atoms with Crippen molar-refractivity contribution < 1.29 is 14.3 Å². The predicted molar refractivity (Wildman–Crippen MR) is 77.0 cm³/mol. The highest BCUT2D eigenvalue weighted by Crippen LogP contribution is 2.18. The fraction of sp³-hybridized carbons (Fsp3) is 0.438. The fourth-order valence-electron chi connectivity index (χ4n) is 1.74. The minimum atomic E-state index is -0.206. The molecule has 0 saturated heterocycles. The largest absolute Gasteiger partial charge is 0.497 e. The van der Waals surface area contributed by atoms with Crippen molar-refractivity contribution in [2.75, 3.05) is 13.7 Å². The van der Waals surface area contributed by atoms with Crippen molar-refractivity contribution in [2.24, 2.45) is 11.8 Å². The third kappa shape index (κ3) is 4.78. The summed E-state index contributed by atoms with van der Waals surface area (Å²) in [4.78, 5) is 11.8. The monoisotopic (exact) mass is 262 g/mol. The maximum atomic E-state index is 11.8. The van der Waals surface area contributed by atoms with Crippen LogP contribution in [0.4, 0.5) is 0 Å². The van der Waals surface area contributed by atoms with Crippen molar-refractivity contribution in [3.8, 4) is 5.75 Å². The van der Waals surface area contributed by atoms with Gasteiger partial charge in [0.1, 0.15) is 5.75 Å². The van der Waals surface area contributed by atoms with Crippen LogP contribution < -0.4 is 4.74 Å². The summed E-state index contributed by atoms with van der Waals surface area (Å²) in [5.41, 5.74) is 1.04. The molecule has 0 heterocycles. The van der Waals surface area contributed by atoms with Gasteiger partial charge in [-0.25, -0.2) is 0 Å². The van der Waals surface area contributed by atoms with Crippen LogP contribution in [0.5, 0.6) is 5.75 Å². The molecule has 19 heavy (non-hydrogen) atoms. The quantitative estimate of drug-likeness (QED) is 0.735.